The molecule has 0 bridgehead atoms. The number of nitrogens with two attached hydrogens (primary N) is 1. The number of benzene rings is 1. The normalized spacial score (nSPS) is 10.5. The van der Waals surface area contributed by atoms with Gasteiger partial charge in [0.25, 0.3) is 0 Å². The molecule has 0 aliphatic carbocycles. The number of nitrogens with one attached hydrogen (secondary N) is 2. The second kappa shape index (κ2) is 17.2. The van der Waals surface area contributed by atoms with Crippen LogP contribution in [0.2, 0.25) is 0 Å². The third kappa shape index (κ3) is 11.9. The van der Waals surface area contributed by atoms with Crippen molar-refractivity contribution in [2.75, 3.05) is 55.9 Å². The van der Waals surface area contributed by atoms with Crippen LogP contribution in [0.1, 0.15) is 24.8 Å². The summed E-state index contributed by atoms with van der Waals surface area (Å²) in [6.45, 7) is 6.49. The topological polar surface area (TPSA) is 53.3 Å². The molecule has 0 saturated carbocycles. The van der Waals surface area contributed by atoms with Crippen LogP contribution in [0.5, 0.6) is 0 Å². The van der Waals surface area contributed by atoms with Crippen LogP contribution < -0.4 is 21.3 Å². The predicted molar refractivity (Wildman–Crippen MR) is 115 cm³/mol. The average molecular weight is 412 g/mol. The van der Waals surface area contributed by atoms with E-state index in [1.807, 2.05) is 0 Å². The van der Waals surface area contributed by atoms with Crippen molar-refractivity contribution in [2.24, 2.45) is 5.73 Å². The Morgan fingerprint density at radius 1 is 0.840 bits per heavy atom. The fraction of sp³-hybridized carbons (Fsp3) is 0.667. The van der Waals surface area contributed by atoms with E-state index in [0.29, 0.717) is 11.8 Å². The van der Waals surface area contributed by atoms with Gasteiger partial charge in [-0.2, -0.15) is 0 Å². The molecular formula is C18H33Cl3N4. The summed E-state index contributed by atoms with van der Waals surface area (Å²) in [5, 5.41) is 6.93. The van der Waals surface area contributed by atoms with Gasteiger partial charge in [-0.3, -0.25) is 0 Å². The molecule has 0 heterocycles. The molecule has 7 heteroatoms. The van der Waals surface area contributed by atoms with Gasteiger partial charge in [-0.15, -0.1) is 35.6 Å². The molecule has 0 fully saturated rings. The SMILES string of the molecule is Cl.NCCCCNCCCNCc1ccc(N(CCCl)CCCl)cc1. The van der Waals surface area contributed by atoms with Gasteiger partial charge in [-0.1, -0.05) is 12.1 Å². The lowest BCUT2D eigenvalue weighted by molar-refractivity contribution is 0.576. The summed E-state index contributed by atoms with van der Waals surface area (Å²) in [5.74, 6) is 1.22. The van der Waals surface area contributed by atoms with E-state index in [0.717, 1.165) is 58.7 Å². The van der Waals surface area contributed by atoms with Crippen molar-refractivity contribution in [2.45, 2.75) is 25.8 Å². The first kappa shape index (κ1) is 24.8. The summed E-state index contributed by atoms with van der Waals surface area (Å²) in [4.78, 5) is 2.22. The van der Waals surface area contributed by atoms with Gasteiger partial charge < -0.3 is 21.3 Å². The Hall–Kier alpha value is -0.230. The Morgan fingerprint density at radius 2 is 1.44 bits per heavy atom. The van der Waals surface area contributed by atoms with Gasteiger partial charge in [-0.25, -0.2) is 0 Å². The number of hydrogen-bond acceptors (Lipinski definition) is 4. The van der Waals surface area contributed by atoms with Crippen LogP contribution in [-0.4, -0.2) is 51.0 Å². The lowest BCUT2D eigenvalue weighted by Gasteiger charge is -2.23. The molecule has 0 aliphatic heterocycles. The Morgan fingerprint density at radius 3 is 2.04 bits per heavy atom. The van der Waals surface area contributed by atoms with E-state index in [-0.39, 0.29) is 12.4 Å². The van der Waals surface area contributed by atoms with Gasteiger partial charge in [-0.05, 0) is 63.1 Å². The van der Waals surface area contributed by atoms with E-state index in [2.05, 4.69) is 39.8 Å². The molecule has 4 N–H and O–H groups in total. The van der Waals surface area contributed by atoms with E-state index in [4.69, 9.17) is 28.9 Å². The highest BCUT2D eigenvalue weighted by atomic mass is 35.5. The number of unbranched alkanes of at least 4 members (excludes halogenated alkanes) is 1. The second-order valence-electron chi connectivity index (χ2n) is 5.81. The molecule has 0 saturated heterocycles. The van der Waals surface area contributed by atoms with Crippen LogP contribution >= 0.6 is 35.6 Å². The van der Waals surface area contributed by atoms with Crippen LogP contribution in [-0.2, 0) is 6.54 Å². The van der Waals surface area contributed by atoms with Gasteiger partial charge in [0.1, 0.15) is 0 Å². The maximum Gasteiger partial charge on any atom is 0.0399 e. The summed E-state index contributed by atoms with van der Waals surface area (Å²) in [7, 11) is 0. The number of alkyl halides is 2. The first-order valence-electron chi connectivity index (χ1n) is 8.89. The zero-order valence-corrected chi connectivity index (χ0v) is 17.3. The third-order valence-electron chi connectivity index (χ3n) is 3.85. The Labute approximate surface area is 169 Å². The van der Waals surface area contributed by atoms with Crippen molar-refractivity contribution >= 4 is 41.3 Å². The van der Waals surface area contributed by atoms with Crippen LogP contribution in [0.3, 0.4) is 0 Å². The van der Waals surface area contributed by atoms with E-state index in [9.17, 15) is 0 Å². The van der Waals surface area contributed by atoms with Crippen LogP contribution in [0.4, 0.5) is 5.69 Å². The van der Waals surface area contributed by atoms with E-state index in [1.165, 1.54) is 17.7 Å². The monoisotopic (exact) mass is 410 g/mol. The maximum absolute atomic E-state index is 5.85. The first-order valence-corrected chi connectivity index (χ1v) is 9.96. The quantitative estimate of drug-likeness (QED) is 0.306. The number of rotatable bonds is 15. The fourth-order valence-electron chi connectivity index (χ4n) is 2.49. The number of hydrogen-bond donors (Lipinski definition) is 3. The van der Waals surface area contributed by atoms with E-state index in [1.54, 1.807) is 0 Å². The Bertz CT molecular complexity index is 398. The summed E-state index contributed by atoms with van der Waals surface area (Å²) < 4.78 is 0. The summed E-state index contributed by atoms with van der Waals surface area (Å²) in [6.07, 6.45) is 3.41. The van der Waals surface area contributed by atoms with Crippen molar-refractivity contribution in [3.05, 3.63) is 29.8 Å². The highest BCUT2D eigenvalue weighted by Crippen LogP contribution is 2.15. The minimum absolute atomic E-state index is 0. The van der Waals surface area contributed by atoms with Crippen LogP contribution in [0.25, 0.3) is 0 Å². The maximum atomic E-state index is 5.85. The summed E-state index contributed by atoms with van der Waals surface area (Å²) in [5.41, 5.74) is 7.95. The Kier molecular flexibility index (Phi) is 17.0. The minimum atomic E-state index is 0. The molecule has 0 aliphatic rings. The van der Waals surface area contributed by atoms with Gasteiger partial charge in [0.15, 0.2) is 0 Å². The fourth-order valence-corrected chi connectivity index (χ4v) is 2.90. The summed E-state index contributed by atoms with van der Waals surface area (Å²) in [6, 6.07) is 8.63. The predicted octanol–water partition coefficient (Wildman–Crippen LogP) is 3.20. The Balaban J connectivity index is 0.00000576. The molecule has 25 heavy (non-hydrogen) atoms. The van der Waals surface area contributed by atoms with E-state index >= 15 is 0 Å². The van der Waals surface area contributed by atoms with Gasteiger partial charge in [0.05, 0.1) is 0 Å². The third-order valence-corrected chi connectivity index (χ3v) is 4.19. The molecule has 0 spiro atoms. The smallest absolute Gasteiger partial charge is 0.0399 e. The van der Waals surface area contributed by atoms with Gasteiger partial charge in [0, 0.05) is 37.1 Å². The molecule has 0 atom stereocenters. The molecule has 1 aromatic carbocycles. The average Bonchev–Trinajstić information content (AvgIpc) is 2.61. The summed E-state index contributed by atoms with van der Waals surface area (Å²) >= 11 is 11.7. The van der Waals surface area contributed by atoms with Crippen LogP contribution in [0, 0.1) is 0 Å². The van der Waals surface area contributed by atoms with Crippen molar-refractivity contribution < 1.29 is 0 Å². The highest BCUT2D eigenvalue weighted by Gasteiger charge is 2.05. The molecule has 0 aromatic heterocycles. The largest absolute Gasteiger partial charge is 0.369 e. The van der Waals surface area contributed by atoms with Gasteiger partial charge in [0.2, 0.25) is 0 Å². The van der Waals surface area contributed by atoms with Crippen molar-refractivity contribution in [3.63, 3.8) is 0 Å². The number of halogens is 3. The molecule has 1 rings (SSSR count). The van der Waals surface area contributed by atoms with Gasteiger partial charge >= 0.3 is 0 Å². The molecule has 0 radical (unpaired) electrons. The minimum Gasteiger partial charge on any atom is -0.369 e. The zero-order valence-electron chi connectivity index (χ0n) is 15.0. The lowest BCUT2D eigenvalue weighted by Crippen LogP contribution is -2.27. The number of anilines is 1. The molecule has 146 valence electrons. The van der Waals surface area contributed by atoms with Crippen LogP contribution in [0.15, 0.2) is 24.3 Å². The molecule has 1 aromatic rings. The lowest BCUT2D eigenvalue weighted by atomic mass is 10.2. The van der Waals surface area contributed by atoms with E-state index < -0.39 is 0 Å². The van der Waals surface area contributed by atoms with Crippen molar-refractivity contribution in [3.8, 4) is 0 Å². The number of nitrogens with zero attached hydrogens (tertiary/aromatic N) is 1. The standard InChI is InChI=1S/C18H32Cl2N4.ClH/c19-8-14-24(15-9-20)18-6-4-17(5-7-18)16-23-13-3-12-22-11-2-1-10-21;/h4-7,22-23H,1-3,8-16,21H2;1H. The highest BCUT2D eigenvalue weighted by molar-refractivity contribution is 6.18. The zero-order chi connectivity index (χ0) is 17.5. The van der Waals surface area contributed by atoms with Crippen molar-refractivity contribution in [1.29, 1.82) is 0 Å². The second-order valence-corrected chi connectivity index (χ2v) is 6.56. The molecule has 4 nitrogen and oxygen atoms in total. The first-order chi connectivity index (χ1) is 11.8. The molecule has 0 unspecified atom stereocenters. The van der Waals surface area contributed by atoms with Crippen molar-refractivity contribution in [1.82, 2.24) is 10.6 Å². The molecular weight excluding hydrogens is 379 g/mol. The molecule has 0 amide bonds.